The normalized spacial score (nSPS) is 13.3. The SMILES string of the molecule is CCN(CC)CC.[2H]c1c([2H])c(/C=C/c2cc(O)cc(OS(=O)(=O)O)c2)c([2H])c([2H])c1O. The third-order valence-electron chi connectivity index (χ3n) is 3.53. The van der Waals surface area contributed by atoms with Gasteiger partial charge in [0.05, 0.1) is 5.48 Å². The third-order valence-corrected chi connectivity index (χ3v) is 3.93. The molecule has 0 spiro atoms. The van der Waals surface area contributed by atoms with E-state index in [4.69, 9.17) is 10.0 Å². The summed E-state index contributed by atoms with van der Waals surface area (Å²) in [5.74, 6) is -1.51. The summed E-state index contributed by atoms with van der Waals surface area (Å²) >= 11 is 0. The third kappa shape index (κ3) is 9.40. The molecule has 3 N–H and O–H groups in total. The van der Waals surface area contributed by atoms with E-state index >= 15 is 0 Å². The lowest BCUT2D eigenvalue weighted by molar-refractivity contribution is 0.321. The van der Waals surface area contributed by atoms with Gasteiger partial charge in [0, 0.05) is 6.07 Å². The Bertz CT molecular complexity index is 1040. The molecule has 0 atom stereocenters. The molecule has 0 aliphatic rings. The maximum Gasteiger partial charge on any atom is 0.446 e. The number of hydrogen-bond acceptors (Lipinski definition) is 6. The van der Waals surface area contributed by atoms with E-state index in [1.165, 1.54) is 37.9 Å². The first kappa shape index (κ1) is 17.5. The first-order valence-electron chi connectivity index (χ1n) is 10.5. The van der Waals surface area contributed by atoms with Crippen LogP contribution in [0, 0.1) is 0 Å². The number of benzene rings is 2. The second-order valence-electron chi connectivity index (χ2n) is 5.49. The summed E-state index contributed by atoms with van der Waals surface area (Å²) in [4.78, 5) is 2.38. The highest BCUT2D eigenvalue weighted by molar-refractivity contribution is 7.81. The van der Waals surface area contributed by atoms with Crippen LogP contribution in [0.3, 0.4) is 0 Å². The van der Waals surface area contributed by atoms with E-state index in [0.717, 1.165) is 12.1 Å². The van der Waals surface area contributed by atoms with Gasteiger partial charge in [-0.25, -0.2) is 0 Å². The highest BCUT2D eigenvalue weighted by atomic mass is 32.3. The van der Waals surface area contributed by atoms with Crippen molar-refractivity contribution < 1.29 is 32.8 Å². The molecule has 0 bridgehead atoms. The number of phenolic OH excluding ortho intramolecular Hbond substituents is 2. The van der Waals surface area contributed by atoms with Gasteiger partial charge in [-0.2, -0.15) is 8.42 Å². The average Bonchev–Trinajstić information content (AvgIpc) is 2.71. The number of nitrogens with zero attached hydrogens (tertiary/aromatic N) is 1. The van der Waals surface area contributed by atoms with Gasteiger partial charge in [-0.3, -0.25) is 4.55 Å². The zero-order valence-electron chi connectivity index (χ0n) is 19.9. The van der Waals surface area contributed by atoms with Crippen LogP contribution in [-0.4, -0.2) is 47.7 Å². The van der Waals surface area contributed by atoms with E-state index in [1.54, 1.807) is 0 Å². The van der Waals surface area contributed by atoms with Crippen molar-refractivity contribution in [2.75, 3.05) is 19.6 Å². The topological polar surface area (TPSA) is 107 Å². The monoisotopic (exact) mass is 413 g/mol. The Morgan fingerprint density at radius 2 is 1.46 bits per heavy atom. The van der Waals surface area contributed by atoms with E-state index < -0.39 is 40.3 Å². The Morgan fingerprint density at radius 3 is 1.93 bits per heavy atom. The summed E-state index contributed by atoms with van der Waals surface area (Å²) in [5, 5.41) is 19.1. The van der Waals surface area contributed by atoms with E-state index in [0.29, 0.717) is 0 Å². The molecule has 0 aliphatic heterocycles. The molecular formula is C20H27NO6S. The van der Waals surface area contributed by atoms with Crippen molar-refractivity contribution in [2.45, 2.75) is 20.8 Å². The van der Waals surface area contributed by atoms with Gasteiger partial charge in [0.2, 0.25) is 0 Å². The van der Waals surface area contributed by atoms with Crippen molar-refractivity contribution in [2.24, 2.45) is 0 Å². The highest BCUT2D eigenvalue weighted by Gasteiger charge is 2.08. The van der Waals surface area contributed by atoms with Crippen molar-refractivity contribution in [3.8, 4) is 17.2 Å². The molecule has 0 saturated heterocycles. The van der Waals surface area contributed by atoms with Crippen LogP contribution in [0.25, 0.3) is 12.2 Å². The first-order valence-corrected chi connectivity index (χ1v) is 9.91. The van der Waals surface area contributed by atoms with Crippen molar-refractivity contribution in [1.82, 2.24) is 4.90 Å². The molecule has 0 aliphatic carbocycles. The Kier molecular flexibility index (Phi) is 7.10. The van der Waals surface area contributed by atoms with E-state index in [9.17, 15) is 18.6 Å². The second kappa shape index (κ2) is 11.3. The molecule has 0 fully saturated rings. The molecule has 2 aromatic carbocycles. The minimum atomic E-state index is -4.78. The quantitative estimate of drug-likeness (QED) is 0.468. The number of rotatable bonds is 7. The van der Waals surface area contributed by atoms with Crippen molar-refractivity contribution in [3.05, 3.63) is 53.5 Å². The van der Waals surface area contributed by atoms with E-state index in [2.05, 4.69) is 29.9 Å². The van der Waals surface area contributed by atoms with E-state index in [1.807, 2.05) is 0 Å². The molecule has 0 amide bonds. The molecule has 2 rings (SSSR count). The molecule has 154 valence electrons. The zero-order valence-corrected chi connectivity index (χ0v) is 16.7. The lowest BCUT2D eigenvalue weighted by Crippen LogP contribution is -2.21. The van der Waals surface area contributed by atoms with Crippen molar-refractivity contribution in [3.63, 3.8) is 0 Å². The minimum Gasteiger partial charge on any atom is -0.508 e. The molecule has 7 nitrogen and oxygen atoms in total. The predicted octanol–water partition coefficient (Wildman–Crippen LogP) is 3.80. The van der Waals surface area contributed by atoms with Crippen LogP contribution in [0.4, 0.5) is 0 Å². The van der Waals surface area contributed by atoms with Gasteiger partial charge in [-0.05, 0) is 55.0 Å². The highest BCUT2D eigenvalue weighted by Crippen LogP contribution is 2.24. The fraction of sp³-hybridized carbons (Fsp3) is 0.300. The van der Waals surface area contributed by atoms with Gasteiger partial charge in [-0.1, -0.05) is 45.0 Å². The van der Waals surface area contributed by atoms with Crippen LogP contribution in [0.1, 0.15) is 37.4 Å². The van der Waals surface area contributed by atoms with Gasteiger partial charge >= 0.3 is 10.4 Å². The summed E-state index contributed by atoms with van der Waals surface area (Å²) in [5.41, 5.74) is 0.0805. The maximum absolute atomic E-state index is 10.7. The lowest BCUT2D eigenvalue weighted by atomic mass is 10.1. The first-order chi connectivity index (χ1) is 14.8. The van der Waals surface area contributed by atoms with E-state index in [-0.39, 0.29) is 22.6 Å². The van der Waals surface area contributed by atoms with Crippen LogP contribution >= 0.6 is 0 Å². The van der Waals surface area contributed by atoms with Gasteiger partial charge in [-0.15, -0.1) is 0 Å². The van der Waals surface area contributed by atoms with Gasteiger partial charge in [0.25, 0.3) is 0 Å². The molecule has 8 heteroatoms. The van der Waals surface area contributed by atoms with Crippen LogP contribution in [-0.2, 0) is 10.4 Å². The number of hydrogen-bond donors (Lipinski definition) is 3. The standard InChI is InChI=1S/C14H12O6S.C6H15N/c15-12-5-3-10(4-6-12)1-2-11-7-13(16)9-14(8-11)20-21(17,18)19;1-4-7(5-2)6-3/h1-9,15-16H,(H,17,18,19);4-6H2,1-3H3/b2-1+;/i3D,4D,5D,6D;. The molecule has 0 radical (unpaired) electrons. The zero-order chi connectivity index (χ0) is 24.6. The summed E-state index contributed by atoms with van der Waals surface area (Å²) in [7, 11) is -4.78. The van der Waals surface area contributed by atoms with Crippen LogP contribution in [0.2, 0.25) is 0 Å². The Labute approximate surface area is 172 Å². The van der Waals surface area contributed by atoms with Gasteiger partial charge in [0.1, 0.15) is 17.2 Å². The van der Waals surface area contributed by atoms with Crippen molar-refractivity contribution in [1.29, 1.82) is 0 Å². The maximum atomic E-state index is 10.7. The fourth-order valence-corrected chi connectivity index (χ4v) is 2.46. The number of aromatic hydroxyl groups is 2. The van der Waals surface area contributed by atoms with Crippen LogP contribution in [0.5, 0.6) is 17.2 Å². The average molecular weight is 414 g/mol. The van der Waals surface area contributed by atoms with Crippen molar-refractivity contribution >= 4 is 22.6 Å². The Balaban J connectivity index is 0.000000633. The predicted molar refractivity (Wildman–Crippen MR) is 111 cm³/mol. The molecule has 0 heterocycles. The van der Waals surface area contributed by atoms with Crippen LogP contribution < -0.4 is 4.18 Å². The molecule has 28 heavy (non-hydrogen) atoms. The molecule has 0 aromatic heterocycles. The summed E-state index contributed by atoms with van der Waals surface area (Å²) in [6.07, 6.45) is 2.48. The molecule has 0 unspecified atom stereocenters. The molecule has 2 aromatic rings. The summed E-state index contributed by atoms with van der Waals surface area (Å²) < 4.78 is 64.9. The Morgan fingerprint density at radius 1 is 0.929 bits per heavy atom. The summed E-state index contributed by atoms with van der Waals surface area (Å²) in [6.45, 7) is 10.1. The Hall–Kier alpha value is -2.55. The van der Waals surface area contributed by atoms with Gasteiger partial charge < -0.3 is 19.3 Å². The molecule has 0 saturated carbocycles. The second-order valence-corrected chi connectivity index (χ2v) is 6.51. The van der Waals surface area contributed by atoms with Crippen LogP contribution in [0.15, 0.2) is 42.4 Å². The summed E-state index contributed by atoms with van der Waals surface area (Å²) in [6, 6.07) is 1.17. The molecular weight excluding hydrogens is 382 g/mol. The largest absolute Gasteiger partial charge is 0.508 e. The smallest absolute Gasteiger partial charge is 0.446 e. The fourth-order valence-electron chi connectivity index (χ4n) is 2.12. The number of phenols is 2. The minimum absolute atomic E-state index is 0.117. The lowest BCUT2D eigenvalue weighted by Gasteiger charge is -2.13. The van der Waals surface area contributed by atoms with Gasteiger partial charge in [0.15, 0.2) is 0 Å².